The zero-order chi connectivity index (χ0) is 25.3. The zero-order valence-corrected chi connectivity index (χ0v) is 18.9. The summed E-state index contributed by atoms with van der Waals surface area (Å²) in [5.41, 5.74) is -0.242. The van der Waals surface area contributed by atoms with Gasteiger partial charge < -0.3 is 29.9 Å². The number of halogens is 3. The molecule has 2 aliphatic rings. The Morgan fingerprint density at radius 2 is 1.71 bits per heavy atom. The Hall–Kier alpha value is -2.69. The molecular weight excluding hydrogens is 465 g/mol. The van der Waals surface area contributed by atoms with Crippen molar-refractivity contribution >= 4 is 16.8 Å². The number of fused-ring (bicyclic) bond motifs is 1. The lowest BCUT2D eigenvalue weighted by Crippen LogP contribution is -2.60. The SMILES string of the molecule is CC1C=C(/C=C/c2cc3ccccc3cc2O[C@@H]2O[C@H](CO)[C@@H](O)[C@H](O)[C@H]2O)C(C(F)(F)F)=CC1. The third kappa shape index (κ3) is 5.44. The number of alkyl halides is 3. The first-order valence-corrected chi connectivity index (χ1v) is 11.3. The van der Waals surface area contributed by atoms with Crippen molar-refractivity contribution in [2.75, 3.05) is 6.61 Å². The van der Waals surface area contributed by atoms with Crippen LogP contribution in [0.1, 0.15) is 18.9 Å². The third-order valence-electron chi connectivity index (χ3n) is 6.19. The van der Waals surface area contributed by atoms with Gasteiger partial charge in [-0.3, -0.25) is 0 Å². The van der Waals surface area contributed by atoms with Crippen LogP contribution < -0.4 is 4.74 Å². The number of hydrogen-bond acceptors (Lipinski definition) is 6. The quantitative estimate of drug-likeness (QED) is 0.510. The van der Waals surface area contributed by atoms with Gasteiger partial charge in [0, 0.05) is 5.56 Å². The van der Waals surface area contributed by atoms with E-state index in [9.17, 15) is 33.6 Å². The smallest absolute Gasteiger partial charge is 0.416 e. The minimum Gasteiger partial charge on any atom is -0.461 e. The second kappa shape index (κ2) is 10.1. The average Bonchev–Trinajstić information content (AvgIpc) is 2.82. The lowest BCUT2D eigenvalue weighted by molar-refractivity contribution is -0.277. The first-order chi connectivity index (χ1) is 16.6. The second-order valence-corrected chi connectivity index (χ2v) is 8.84. The molecule has 1 saturated heterocycles. The summed E-state index contributed by atoms with van der Waals surface area (Å²) in [6.45, 7) is 1.22. The minimum atomic E-state index is -4.49. The van der Waals surface area contributed by atoms with Gasteiger partial charge in [-0.05, 0) is 40.8 Å². The molecule has 35 heavy (non-hydrogen) atoms. The van der Waals surface area contributed by atoms with Crippen LogP contribution in [0.5, 0.6) is 5.75 Å². The summed E-state index contributed by atoms with van der Waals surface area (Å²) in [4.78, 5) is 0. The highest BCUT2D eigenvalue weighted by molar-refractivity contribution is 5.87. The van der Waals surface area contributed by atoms with Crippen LogP contribution >= 0.6 is 0 Å². The lowest BCUT2D eigenvalue weighted by atomic mass is 9.90. The third-order valence-corrected chi connectivity index (χ3v) is 6.19. The van der Waals surface area contributed by atoms with Crippen molar-refractivity contribution in [3.63, 3.8) is 0 Å². The van der Waals surface area contributed by atoms with Crippen LogP contribution in [0, 0.1) is 5.92 Å². The van der Waals surface area contributed by atoms with Crippen LogP contribution in [-0.2, 0) is 4.74 Å². The zero-order valence-electron chi connectivity index (χ0n) is 18.9. The Labute approximate surface area is 200 Å². The van der Waals surface area contributed by atoms with E-state index in [2.05, 4.69) is 0 Å². The normalized spacial score (nSPS) is 29.8. The van der Waals surface area contributed by atoms with Gasteiger partial charge in [0.05, 0.1) is 12.2 Å². The van der Waals surface area contributed by atoms with E-state index in [-0.39, 0.29) is 17.2 Å². The van der Waals surface area contributed by atoms with Crippen LogP contribution in [0.25, 0.3) is 16.8 Å². The summed E-state index contributed by atoms with van der Waals surface area (Å²) < 4.78 is 51.9. The summed E-state index contributed by atoms with van der Waals surface area (Å²) in [7, 11) is 0. The van der Waals surface area contributed by atoms with Crippen molar-refractivity contribution in [3.05, 3.63) is 71.3 Å². The van der Waals surface area contributed by atoms with E-state index in [4.69, 9.17) is 9.47 Å². The van der Waals surface area contributed by atoms with E-state index < -0.39 is 49.1 Å². The van der Waals surface area contributed by atoms with E-state index in [1.807, 2.05) is 31.2 Å². The highest BCUT2D eigenvalue weighted by Gasteiger charge is 2.45. The molecule has 0 spiro atoms. The molecule has 188 valence electrons. The summed E-state index contributed by atoms with van der Waals surface area (Å²) in [6.07, 6.45) is -5.95. The molecule has 0 saturated carbocycles. The Balaban J connectivity index is 1.71. The molecule has 4 N–H and O–H groups in total. The Bertz CT molecular complexity index is 1150. The first-order valence-electron chi connectivity index (χ1n) is 11.3. The molecule has 1 heterocycles. The average molecular weight is 492 g/mol. The van der Waals surface area contributed by atoms with Crippen molar-refractivity contribution < 1.29 is 43.1 Å². The molecule has 4 rings (SSSR count). The van der Waals surface area contributed by atoms with Gasteiger partial charge in [0.2, 0.25) is 6.29 Å². The second-order valence-electron chi connectivity index (χ2n) is 8.84. The largest absolute Gasteiger partial charge is 0.461 e. The number of aliphatic hydroxyl groups is 4. The maximum absolute atomic E-state index is 13.5. The van der Waals surface area contributed by atoms with Crippen LogP contribution in [0.4, 0.5) is 13.2 Å². The Kier molecular flexibility index (Phi) is 7.35. The highest BCUT2D eigenvalue weighted by atomic mass is 19.4. The predicted molar refractivity (Wildman–Crippen MR) is 123 cm³/mol. The molecule has 1 aliphatic heterocycles. The number of rotatable bonds is 5. The van der Waals surface area contributed by atoms with Crippen LogP contribution in [-0.4, -0.2) is 63.9 Å². The molecule has 6 atom stereocenters. The van der Waals surface area contributed by atoms with Gasteiger partial charge in [-0.25, -0.2) is 0 Å². The van der Waals surface area contributed by atoms with Gasteiger partial charge in [-0.15, -0.1) is 0 Å². The summed E-state index contributed by atoms with van der Waals surface area (Å²) >= 11 is 0. The highest BCUT2D eigenvalue weighted by Crippen LogP contribution is 2.37. The van der Waals surface area contributed by atoms with Crippen LogP contribution in [0.2, 0.25) is 0 Å². The van der Waals surface area contributed by atoms with E-state index in [0.717, 1.165) is 10.8 Å². The lowest BCUT2D eigenvalue weighted by Gasteiger charge is -2.39. The topological polar surface area (TPSA) is 99.4 Å². The number of ether oxygens (including phenoxy) is 2. The maximum Gasteiger partial charge on any atom is 0.416 e. The first kappa shape index (κ1) is 25.4. The molecule has 2 aromatic rings. The summed E-state index contributed by atoms with van der Waals surface area (Å²) in [6, 6.07) is 10.7. The van der Waals surface area contributed by atoms with Gasteiger partial charge in [-0.1, -0.05) is 55.5 Å². The summed E-state index contributed by atoms with van der Waals surface area (Å²) in [5.74, 6) is 0.133. The Morgan fingerprint density at radius 3 is 2.37 bits per heavy atom. The summed E-state index contributed by atoms with van der Waals surface area (Å²) in [5, 5.41) is 41.5. The fourth-order valence-electron chi connectivity index (χ4n) is 4.25. The van der Waals surface area contributed by atoms with Crippen LogP contribution in [0.3, 0.4) is 0 Å². The molecule has 0 radical (unpaired) electrons. The molecule has 6 nitrogen and oxygen atoms in total. The fourth-order valence-corrected chi connectivity index (χ4v) is 4.25. The van der Waals surface area contributed by atoms with Gasteiger partial charge in [0.25, 0.3) is 0 Å². The van der Waals surface area contributed by atoms with Gasteiger partial charge in [0.1, 0.15) is 30.2 Å². The molecule has 9 heteroatoms. The molecule has 1 unspecified atom stereocenters. The molecule has 0 bridgehead atoms. The molecular formula is C26H27F3O6. The van der Waals surface area contributed by atoms with Gasteiger partial charge in [-0.2, -0.15) is 13.2 Å². The monoisotopic (exact) mass is 492 g/mol. The molecule has 1 aliphatic carbocycles. The van der Waals surface area contributed by atoms with Crippen molar-refractivity contribution in [1.29, 1.82) is 0 Å². The van der Waals surface area contributed by atoms with E-state index >= 15 is 0 Å². The number of benzene rings is 2. The predicted octanol–water partition coefficient (Wildman–Crippen LogP) is 3.49. The number of hydrogen-bond donors (Lipinski definition) is 4. The van der Waals surface area contributed by atoms with Gasteiger partial charge in [0.15, 0.2) is 0 Å². The van der Waals surface area contributed by atoms with Crippen LogP contribution in [0.15, 0.2) is 65.8 Å². The van der Waals surface area contributed by atoms with E-state index in [0.29, 0.717) is 12.0 Å². The van der Waals surface area contributed by atoms with Gasteiger partial charge >= 0.3 is 6.18 Å². The molecule has 0 amide bonds. The standard InChI is InChI=1S/C26H27F3O6/c1-14-6-9-19(26(27,28)29)17(10-14)7-8-18-11-15-4-2-3-5-16(15)12-20(18)34-25-24(33)23(32)22(31)21(13-30)35-25/h2-5,7-12,14,21-25,30-33H,6,13H2,1H3/b8-7+/t14?,21-,22-,23+,24-,25-/m1/s1. The van der Waals surface area contributed by atoms with Crippen molar-refractivity contribution in [2.24, 2.45) is 5.92 Å². The van der Waals surface area contributed by atoms with E-state index in [1.165, 1.54) is 18.2 Å². The Morgan fingerprint density at radius 1 is 1.03 bits per heavy atom. The van der Waals surface area contributed by atoms with Crippen molar-refractivity contribution in [2.45, 2.75) is 50.2 Å². The molecule has 2 aromatic carbocycles. The van der Waals surface area contributed by atoms with Crippen molar-refractivity contribution in [1.82, 2.24) is 0 Å². The molecule has 1 fully saturated rings. The van der Waals surface area contributed by atoms with Crippen molar-refractivity contribution in [3.8, 4) is 5.75 Å². The van der Waals surface area contributed by atoms with E-state index in [1.54, 1.807) is 18.2 Å². The maximum atomic E-state index is 13.5. The minimum absolute atomic E-state index is 0.0446. The number of aliphatic hydroxyl groups excluding tert-OH is 4. The fraction of sp³-hybridized carbons (Fsp3) is 0.385. The number of allylic oxidation sites excluding steroid dienone is 5. The molecule has 0 aromatic heterocycles.